The van der Waals surface area contributed by atoms with Gasteiger partial charge in [0.15, 0.2) is 0 Å². The van der Waals surface area contributed by atoms with Crippen LogP contribution >= 0.6 is 0 Å². The Morgan fingerprint density at radius 2 is 2.09 bits per heavy atom. The highest BCUT2D eigenvalue weighted by atomic mass is 14.9. The second-order valence-electron chi connectivity index (χ2n) is 5.74. The molecule has 0 radical (unpaired) electrons. The SMILES string of the molecule is N#Cc1ccc(-c2ccc3[nH]cc(C4CCNC4)c3c2)cn1. The Balaban J connectivity index is 1.78. The number of aromatic nitrogens is 2. The molecule has 1 saturated heterocycles. The number of hydrogen-bond acceptors (Lipinski definition) is 3. The van der Waals surface area contributed by atoms with E-state index in [-0.39, 0.29) is 0 Å². The molecular weight excluding hydrogens is 272 g/mol. The first-order valence-electron chi connectivity index (χ1n) is 7.53. The van der Waals surface area contributed by atoms with Crippen molar-refractivity contribution in [2.75, 3.05) is 13.1 Å². The number of pyridine rings is 1. The fourth-order valence-corrected chi connectivity index (χ4v) is 3.21. The molecule has 1 aromatic carbocycles. The van der Waals surface area contributed by atoms with E-state index in [1.165, 1.54) is 22.9 Å². The van der Waals surface area contributed by atoms with Gasteiger partial charge in [-0.25, -0.2) is 4.98 Å². The molecule has 0 aliphatic carbocycles. The van der Waals surface area contributed by atoms with Gasteiger partial charge in [0, 0.05) is 35.4 Å². The maximum atomic E-state index is 8.85. The third-order valence-electron chi connectivity index (χ3n) is 4.43. The van der Waals surface area contributed by atoms with E-state index in [4.69, 9.17) is 5.26 Å². The number of nitriles is 1. The molecule has 4 nitrogen and oxygen atoms in total. The van der Waals surface area contributed by atoms with Crippen LogP contribution < -0.4 is 5.32 Å². The lowest BCUT2D eigenvalue weighted by Gasteiger charge is -2.08. The standard InChI is InChI=1S/C18H16N4/c19-8-15-3-1-13(10-21-15)12-2-4-18-16(7-12)17(11-22-18)14-5-6-20-9-14/h1-4,7,10-11,14,20,22H,5-6,9H2. The molecule has 1 atom stereocenters. The van der Waals surface area contributed by atoms with Gasteiger partial charge >= 0.3 is 0 Å². The summed E-state index contributed by atoms with van der Waals surface area (Å²) in [6.45, 7) is 2.15. The van der Waals surface area contributed by atoms with Crippen LogP contribution in [0, 0.1) is 11.3 Å². The van der Waals surface area contributed by atoms with Crippen molar-refractivity contribution in [1.29, 1.82) is 5.26 Å². The molecular formula is C18H16N4. The number of H-pyrrole nitrogens is 1. The van der Waals surface area contributed by atoms with Crippen LogP contribution in [0.25, 0.3) is 22.0 Å². The second kappa shape index (κ2) is 5.28. The number of nitrogens with zero attached hydrogens (tertiary/aromatic N) is 2. The lowest BCUT2D eigenvalue weighted by molar-refractivity contribution is 0.770. The summed E-state index contributed by atoms with van der Waals surface area (Å²) in [6.07, 6.45) is 5.10. The normalized spacial score (nSPS) is 17.7. The molecule has 4 rings (SSSR count). The van der Waals surface area contributed by atoms with E-state index in [2.05, 4.69) is 45.7 Å². The van der Waals surface area contributed by atoms with E-state index in [1.807, 2.05) is 6.07 Å². The van der Waals surface area contributed by atoms with E-state index >= 15 is 0 Å². The van der Waals surface area contributed by atoms with Gasteiger partial charge in [0.05, 0.1) is 0 Å². The fourth-order valence-electron chi connectivity index (χ4n) is 3.21. The molecule has 3 heterocycles. The molecule has 0 bridgehead atoms. The van der Waals surface area contributed by atoms with E-state index in [9.17, 15) is 0 Å². The van der Waals surface area contributed by atoms with Crippen molar-refractivity contribution < 1.29 is 0 Å². The molecule has 0 saturated carbocycles. The zero-order valence-corrected chi connectivity index (χ0v) is 12.1. The smallest absolute Gasteiger partial charge is 0.140 e. The zero-order chi connectivity index (χ0) is 14.9. The number of aromatic amines is 1. The first-order valence-corrected chi connectivity index (χ1v) is 7.53. The molecule has 1 unspecified atom stereocenters. The minimum Gasteiger partial charge on any atom is -0.361 e. The van der Waals surface area contributed by atoms with Gasteiger partial charge in [0.2, 0.25) is 0 Å². The molecule has 2 N–H and O–H groups in total. The summed E-state index contributed by atoms with van der Waals surface area (Å²) in [4.78, 5) is 7.54. The Labute approximate surface area is 128 Å². The van der Waals surface area contributed by atoms with Gasteiger partial charge in [0.25, 0.3) is 0 Å². The molecule has 108 valence electrons. The Morgan fingerprint density at radius 1 is 1.18 bits per heavy atom. The minimum absolute atomic E-state index is 0.448. The van der Waals surface area contributed by atoms with E-state index in [0.29, 0.717) is 11.6 Å². The maximum absolute atomic E-state index is 8.85. The summed E-state index contributed by atoms with van der Waals surface area (Å²) in [5.41, 5.74) is 5.19. The van der Waals surface area contributed by atoms with Crippen LogP contribution in [-0.4, -0.2) is 23.1 Å². The van der Waals surface area contributed by atoms with Gasteiger partial charge in [0.1, 0.15) is 11.8 Å². The van der Waals surface area contributed by atoms with Crippen molar-refractivity contribution in [3.8, 4) is 17.2 Å². The van der Waals surface area contributed by atoms with Crippen LogP contribution in [-0.2, 0) is 0 Å². The second-order valence-corrected chi connectivity index (χ2v) is 5.74. The Bertz CT molecular complexity index is 849. The first-order chi connectivity index (χ1) is 10.8. The molecule has 4 heteroatoms. The number of hydrogen-bond donors (Lipinski definition) is 2. The fraction of sp³-hybridized carbons (Fsp3) is 0.222. The van der Waals surface area contributed by atoms with Crippen LogP contribution in [0.5, 0.6) is 0 Å². The van der Waals surface area contributed by atoms with Crippen LogP contribution in [0.15, 0.2) is 42.7 Å². The molecule has 1 fully saturated rings. The summed E-state index contributed by atoms with van der Waals surface area (Å²) in [5.74, 6) is 0.586. The van der Waals surface area contributed by atoms with E-state index in [1.54, 1.807) is 12.3 Å². The van der Waals surface area contributed by atoms with Crippen LogP contribution in [0.2, 0.25) is 0 Å². The molecule has 22 heavy (non-hydrogen) atoms. The number of benzene rings is 1. The molecule has 2 aromatic heterocycles. The monoisotopic (exact) mass is 288 g/mol. The average molecular weight is 288 g/mol. The van der Waals surface area contributed by atoms with Crippen molar-refractivity contribution >= 4 is 10.9 Å². The molecule has 1 aliphatic heterocycles. The summed E-state index contributed by atoms with van der Waals surface area (Å²) >= 11 is 0. The molecule has 3 aromatic rings. The third-order valence-corrected chi connectivity index (χ3v) is 4.43. The minimum atomic E-state index is 0.448. The first kappa shape index (κ1) is 13.1. The van der Waals surface area contributed by atoms with Crippen molar-refractivity contribution in [3.63, 3.8) is 0 Å². The van der Waals surface area contributed by atoms with Gasteiger partial charge in [-0.1, -0.05) is 6.07 Å². The highest BCUT2D eigenvalue weighted by Crippen LogP contribution is 2.32. The predicted molar refractivity (Wildman–Crippen MR) is 86.5 cm³/mol. The Hall–Kier alpha value is -2.64. The van der Waals surface area contributed by atoms with Gasteiger partial charge in [-0.2, -0.15) is 5.26 Å². The summed E-state index contributed by atoms with van der Waals surface area (Å²) in [7, 11) is 0. The van der Waals surface area contributed by atoms with E-state index in [0.717, 1.165) is 24.2 Å². The number of fused-ring (bicyclic) bond motifs is 1. The van der Waals surface area contributed by atoms with E-state index < -0.39 is 0 Å². The Kier molecular flexibility index (Phi) is 3.14. The zero-order valence-electron chi connectivity index (χ0n) is 12.1. The van der Waals surface area contributed by atoms with Gasteiger partial charge in [-0.15, -0.1) is 0 Å². The largest absolute Gasteiger partial charge is 0.361 e. The molecule has 0 amide bonds. The van der Waals surface area contributed by atoms with Crippen molar-refractivity contribution in [3.05, 3.63) is 54.0 Å². The average Bonchev–Trinajstić information content (AvgIpc) is 3.23. The van der Waals surface area contributed by atoms with Crippen LogP contribution in [0.1, 0.15) is 23.6 Å². The van der Waals surface area contributed by atoms with Crippen molar-refractivity contribution in [2.24, 2.45) is 0 Å². The third kappa shape index (κ3) is 2.16. The van der Waals surface area contributed by atoms with Crippen LogP contribution in [0.4, 0.5) is 0 Å². The Morgan fingerprint density at radius 3 is 2.82 bits per heavy atom. The summed E-state index contributed by atoms with van der Waals surface area (Å²) in [5, 5.41) is 13.6. The van der Waals surface area contributed by atoms with Gasteiger partial charge in [-0.05, 0) is 54.3 Å². The maximum Gasteiger partial charge on any atom is 0.140 e. The highest BCUT2D eigenvalue weighted by Gasteiger charge is 2.19. The molecule has 0 spiro atoms. The molecule has 1 aliphatic rings. The quantitative estimate of drug-likeness (QED) is 0.761. The summed E-state index contributed by atoms with van der Waals surface area (Å²) < 4.78 is 0. The number of rotatable bonds is 2. The van der Waals surface area contributed by atoms with Gasteiger partial charge in [-0.3, -0.25) is 0 Å². The lowest BCUT2D eigenvalue weighted by atomic mass is 9.96. The lowest BCUT2D eigenvalue weighted by Crippen LogP contribution is -2.07. The van der Waals surface area contributed by atoms with Crippen molar-refractivity contribution in [2.45, 2.75) is 12.3 Å². The van der Waals surface area contributed by atoms with Crippen LogP contribution in [0.3, 0.4) is 0 Å². The van der Waals surface area contributed by atoms with Gasteiger partial charge < -0.3 is 10.3 Å². The topological polar surface area (TPSA) is 64.5 Å². The number of nitrogens with one attached hydrogen (secondary N) is 2. The summed E-state index contributed by atoms with van der Waals surface area (Å²) in [6, 6.07) is 12.2. The van der Waals surface area contributed by atoms with Crippen molar-refractivity contribution in [1.82, 2.24) is 15.3 Å². The highest BCUT2D eigenvalue weighted by molar-refractivity contribution is 5.88. The predicted octanol–water partition coefficient (Wildman–Crippen LogP) is 3.18.